The van der Waals surface area contributed by atoms with Gasteiger partial charge in [0.25, 0.3) is 10.0 Å². The van der Waals surface area contributed by atoms with E-state index in [2.05, 4.69) is 35.5 Å². The van der Waals surface area contributed by atoms with E-state index in [1.54, 1.807) is 6.07 Å². The van der Waals surface area contributed by atoms with Crippen molar-refractivity contribution in [1.82, 2.24) is 14.8 Å². The molecular weight excluding hydrogens is 330 g/mol. The number of nitrogens with one attached hydrogen (secondary N) is 1. The van der Waals surface area contributed by atoms with Crippen LogP contribution < -0.4 is 10.5 Å². The van der Waals surface area contributed by atoms with Gasteiger partial charge in [0.1, 0.15) is 4.90 Å². The summed E-state index contributed by atoms with van der Waals surface area (Å²) in [6.07, 6.45) is 0. The molecule has 0 fully saturated rings. The van der Waals surface area contributed by atoms with E-state index in [1.165, 1.54) is 12.1 Å². The summed E-state index contributed by atoms with van der Waals surface area (Å²) in [6.45, 7) is 0. The molecule has 1 aromatic heterocycles. The van der Waals surface area contributed by atoms with Crippen molar-refractivity contribution in [3.05, 3.63) is 22.7 Å². The molecule has 1 heterocycles. The molecule has 0 aliphatic rings. The van der Waals surface area contributed by atoms with E-state index < -0.39 is 10.0 Å². The topological polar surface area (TPSA) is 111 Å². The summed E-state index contributed by atoms with van der Waals surface area (Å²) in [4.78, 5) is -0.0177. The maximum atomic E-state index is 11.9. The maximum Gasteiger partial charge on any atom is 0.265 e. The number of hydrogen-bond acceptors (Lipinski definition) is 7. The molecule has 0 amide bonds. The number of anilines is 2. The van der Waals surface area contributed by atoms with Crippen LogP contribution in [0, 0.1) is 0 Å². The molecule has 0 saturated heterocycles. The van der Waals surface area contributed by atoms with Gasteiger partial charge in [0.2, 0.25) is 5.13 Å². The minimum absolute atomic E-state index is 0.0177. The van der Waals surface area contributed by atoms with E-state index in [0.29, 0.717) is 4.47 Å². The van der Waals surface area contributed by atoms with Gasteiger partial charge < -0.3 is 5.73 Å². The summed E-state index contributed by atoms with van der Waals surface area (Å²) < 4.78 is 30.3. The van der Waals surface area contributed by atoms with Crippen molar-refractivity contribution in [2.75, 3.05) is 10.5 Å². The van der Waals surface area contributed by atoms with Crippen LogP contribution in [0.25, 0.3) is 0 Å². The van der Waals surface area contributed by atoms with E-state index in [1.807, 2.05) is 0 Å². The summed E-state index contributed by atoms with van der Waals surface area (Å²) in [5, 5.41) is 6.87. The number of nitrogens with zero attached hydrogens (tertiary/aromatic N) is 3. The Kier molecular flexibility index (Phi) is 3.26. The van der Waals surface area contributed by atoms with E-state index in [4.69, 9.17) is 5.73 Å². The Hall–Kier alpha value is -1.26. The minimum atomic E-state index is -3.76. The number of aromatic nitrogens is 3. The van der Waals surface area contributed by atoms with E-state index >= 15 is 0 Å². The Balaban J connectivity index is 2.38. The van der Waals surface area contributed by atoms with Crippen molar-refractivity contribution in [2.45, 2.75) is 4.90 Å². The third kappa shape index (κ3) is 2.70. The second-order valence-electron chi connectivity index (χ2n) is 2.96. The number of sulfonamides is 1. The Labute approximate surface area is 109 Å². The monoisotopic (exact) mass is 335 g/mol. The van der Waals surface area contributed by atoms with Crippen molar-refractivity contribution in [1.29, 1.82) is 0 Å². The summed E-state index contributed by atoms with van der Waals surface area (Å²) in [5.41, 5.74) is 5.78. The van der Waals surface area contributed by atoms with Crippen molar-refractivity contribution >= 4 is 48.3 Å². The SMILES string of the molecule is Nc1cc(Br)ccc1S(=O)(=O)Nc1nnns1. The predicted octanol–water partition coefficient (Wildman–Crippen LogP) is 1.08. The summed E-state index contributed by atoms with van der Waals surface area (Å²) in [7, 11) is -3.76. The van der Waals surface area contributed by atoms with Gasteiger partial charge in [0.15, 0.2) is 0 Å². The molecule has 17 heavy (non-hydrogen) atoms. The predicted molar refractivity (Wildman–Crippen MR) is 67.1 cm³/mol. The lowest BCUT2D eigenvalue weighted by atomic mass is 10.3. The van der Waals surface area contributed by atoms with Gasteiger partial charge in [-0.2, -0.15) is 0 Å². The largest absolute Gasteiger partial charge is 0.398 e. The highest BCUT2D eigenvalue weighted by atomic mass is 79.9. The fraction of sp³-hybridized carbons (Fsp3) is 0. The zero-order valence-corrected chi connectivity index (χ0v) is 11.4. The first-order valence-corrected chi connectivity index (χ1v) is 7.27. The van der Waals surface area contributed by atoms with Crippen LogP contribution in [0.4, 0.5) is 10.8 Å². The lowest BCUT2D eigenvalue weighted by molar-refractivity contribution is 0.601. The van der Waals surface area contributed by atoms with Crippen LogP contribution in [-0.2, 0) is 10.0 Å². The number of halogens is 1. The third-order valence-corrected chi connectivity index (χ3v) is 4.33. The molecule has 0 saturated carbocycles. The van der Waals surface area contributed by atoms with Crippen LogP contribution in [0.2, 0.25) is 0 Å². The van der Waals surface area contributed by atoms with E-state index in [-0.39, 0.29) is 15.7 Å². The third-order valence-electron chi connectivity index (χ3n) is 1.78. The van der Waals surface area contributed by atoms with E-state index in [9.17, 15) is 8.42 Å². The quantitative estimate of drug-likeness (QED) is 0.812. The van der Waals surface area contributed by atoms with Gasteiger partial charge >= 0.3 is 0 Å². The highest BCUT2D eigenvalue weighted by Gasteiger charge is 2.19. The first-order chi connectivity index (χ1) is 7.99. The Morgan fingerprint density at radius 1 is 1.41 bits per heavy atom. The van der Waals surface area contributed by atoms with Crippen LogP contribution in [0.5, 0.6) is 0 Å². The zero-order chi connectivity index (χ0) is 12.5. The number of nitrogen functional groups attached to an aromatic ring is 1. The Morgan fingerprint density at radius 2 is 2.18 bits per heavy atom. The molecule has 2 rings (SSSR count). The molecule has 0 spiro atoms. The fourth-order valence-corrected chi connectivity index (χ4v) is 3.18. The highest BCUT2D eigenvalue weighted by Crippen LogP contribution is 2.24. The molecule has 3 N–H and O–H groups in total. The van der Waals surface area contributed by atoms with Crippen molar-refractivity contribution < 1.29 is 8.42 Å². The van der Waals surface area contributed by atoms with Gasteiger partial charge in [0.05, 0.1) is 5.69 Å². The van der Waals surface area contributed by atoms with Crippen LogP contribution >= 0.6 is 27.5 Å². The molecule has 0 atom stereocenters. The summed E-state index contributed by atoms with van der Waals surface area (Å²) in [5.74, 6) is 0. The normalized spacial score (nSPS) is 11.4. The van der Waals surface area contributed by atoms with Gasteiger partial charge in [-0.15, -0.1) is 0 Å². The van der Waals surface area contributed by atoms with Gasteiger partial charge in [-0.3, -0.25) is 4.72 Å². The molecule has 7 nitrogen and oxygen atoms in total. The smallest absolute Gasteiger partial charge is 0.265 e. The van der Waals surface area contributed by atoms with Gasteiger partial charge in [-0.1, -0.05) is 25.5 Å². The number of benzene rings is 1. The first-order valence-electron chi connectivity index (χ1n) is 4.22. The van der Waals surface area contributed by atoms with Crippen molar-refractivity contribution in [3.63, 3.8) is 0 Å². The maximum absolute atomic E-state index is 11.9. The zero-order valence-electron chi connectivity index (χ0n) is 8.16. The number of rotatable bonds is 3. The molecule has 10 heteroatoms. The van der Waals surface area contributed by atoms with E-state index in [0.717, 1.165) is 11.5 Å². The molecular formula is C7H6BrN5O2S2. The molecule has 0 unspecified atom stereocenters. The molecule has 2 aromatic rings. The van der Waals surface area contributed by atoms with Crippen LogP contribution in [-0.4, -0.2) is 23.2 Å². The average molecular weight is 336 g/mol. The van der Waals surface area contributed by atoms with Gasteiger partial charge in [-0.05, 0) is 23.4 Å². The second kappa shape index (κ2) is 4.55. The standard InChI is InChI=1S/C7H6BrN5O2S2/c8-4-1-2-6(5(9)3-4)17(14,15)11-7-10-12-13-16-7/h1-3H,9H2,(H,10,11,13). The highest BCUT2D eigenvalue weighted by molar-refractivity contribution is 9.10. The lowest BCUT2D eigenvalue weighted by Gasteiger charge is -2.07. The summed E-state index contributed by atoms with van der Waals surface area (Å²) in [6, 6.07) is 4.49. The molecule has 0 bridgehead atoms. The summed E-state index contributed by atoms with van der Waals surface area (Å²) >= 11 is 4.04. The molecule has 0 aliphatic heterocycles. The molecule has 90 valence electrons. The van der Waals surface area contributed by atoms with Crippen molar-refractivity contribution in [2.24, 2.45) is 0 Å². The van der Waals surface area contributed by atoms with Crippen molar-refractivity contribution in [3.8, 4) is 0 Å². The minimum Gasteiger partial charge on any atom is -0.398 e. The molecule has 0 radical (unpaired) electrons. The molecule has 0 aliphatic carbocycles. The van der Waals surface area contributed by atoms with Crippen LogP contribution in [0.15, 0.2) is 27.6 Å². The Morgan fingerprint density at radius 3 is 2.76 bits per heavy atom. The van der Waals surface area contributed by atoms with Gasteiger partial charge in [-0.25, -0.2) is 8.42 Å². The van der Waals surface area contributed by atoms with Crippen LogP contribution in [0.3, 0.4) is 0 Å². The average Bonchev–Trinajstić information content (AvgIpc) is 2.68. The lowest BCUT2D eigenvalue weighted by Crippen LogP contribution is -2.14. The second-order valence-corrected chi connectivity index (χ2v) is 6.25. The van der Waals surface area contributed by atoms with Gasteiger partial charge in [0, 0.05) is 16.0 Å². The molecule has 1 aromatic carbocycles. The number of hydrogen-bond donors (Lipinski definition) is 2. The first kappa shape index (κ1) is 12.2. The Bertz CT molecular complexity index is 628. The number of nitrogens with two attached hydrogens (primary N) is 1. The van der Waals surface area contributed by atoms with Crippen LogP contribution in [0.1, 0.15) is 0 Å². The fourth-order valence-electron chi connectivity index (χ4n) is 1.11.